The van der Waals surface area contributed by atoms with Gasteiger partial charge in [-0.15, -0.1) is 0 Å². The van der Waals surface area contributed by atoms with E-state index in [1.807, 2.05) is 13.1 Å². The molecule has 1 aliphatic carbocycles. The van der Waals surface area contributed by atoms with Crippen LogP contribution >= 0.6 is 0 Å². The van der Waals surface area contributed by atoms with E-state index in [-0.39, 0.29) is 6.04 Å². The van der Waals surface area contributed by atoms with Gasteiger partial charge in [0.1, 0.15) is 5.82 Å². The summed E-state index contributed by atoms with van der Waals surface area (Å²) in [7, 11) is 2.19. The average Bonchev–Trinajstić information content (AvgIpc) is 2.47. The Bertz CT molecular complexity index is 391. The number of nitrogens with two attached hydrogens (primary N) is 1. The molecule has 0 spiro atoms. The second-order valence-corrected chi connectivity index (χ2v) is 6.40. The van der Waals surface area contributed by atoms with Crippen molar-refractivity contribution in [2.24, 2.45) is 11.7 Å². The molecule has 3 heteroatoms. The largest absolute Gasteiger partial charge is 0.357 e. The van der Waals surface area contributed by atoms with E-state index in [0.29, 0.717) is 6.04 Å². The summed E-state index contributed by atoms with van der Waals surface area (Å²) in [5.41, 5.74) is 7.06. The van der Waals surface area contributed by atoms with E-state index in [0.717, 1.165) is 18.2 Å². The van der Waals surface area contributed by atoms with Crippen LogP contribution in [-0.4, -0.2) is 24.1 Å². The van der Waals surface area contributed by atoms with Crippen LogP contribution in [0.2, 0.25) is 0 Å². The molecule has 1 atom stereocenters. The predicted octanol–water partition coefficient (Wildman–Crippen LogP) is 3.38. The number of hydrogen-bond donors (Lipinski definition) is 1. The SMILES string of the molecule is CCC1CCC(N(C)c2ccc(CC(C)N)cn2)CC1. The van der Waals surface area contributed by atoms with E-state index in [4.69, 9.17) is 5.73 Å². The highest BCUT2D eigenvalue weighted by atomic mass is 15.2. The summed E-state index contributed by atoms with van der Waals surface area (Å²) in [5, 5.41) is 0. The molecule has 1 saturated carbocycles. The fraction of sp³-hybridized carbons (Fsp3) is 0.706. The van der Waals surface area contributed by atoms with Gasteiger partial charge in [0.05, 0.1) is 0 Å². The Hall–Kier alpha value is -1.09. The second-order valence-electron chi connectivity index (χ2n) is 6.40. The first-order valence-corrected chi connectivity index (χ1v) is 8.03. The Morgan fingerprint density at radius 2 is 2.00 bits per heavy atom. The summed E-state index contributed by atoms with van der Waals surface area (Å²) >= 11 is 0. The Morgan fingerprint density at radius 3 is 2.50 bits per heavy atom. The van der Waals surface area contributed by atoms with Crippen molar-refractivity contribution in [2.75, 3.05) is 11.9 Å². The molecule has 112 valence electrons. The number of rotatable bonds is 5. The summed E-state index contributed by atoms with van der Waals surface area (Å²) < 4.78 is 0. The minimum Gasteiger partial charge on any atom is -0.357 e. The standard InChI is InChI=1S/C17H29N3/c1-4-14-5-8-16(9-6-14)20(3)17-10-7-15(12-19-17)11-13(2)18/h7,10,12-14,16H,4-6,8-9,11,18H2,1-3H3. The molecular formula is C17H29N3. The van der Waals surface area contributed by atoms with E-state index in [9.17, 15) is 0 Å². The maximum atomic E-state index is 5.83. The first-order chi connectivity index (χ1) is 9.60. The third-order valence-corrected chi connectivity index (χ3v) is 4.67. The minimum atomic E-state index is 0.199. The monoisotopic (exact) mass is 275 g/mol. The van der Waals surface area contributed by atoms with Crippen molar-refractivity contribution in [1.29, 1.82) is 0 Å². The van der Waals surface area contributed by atoms with Gasteiger partial charge in [-0.25, -0.2) is 4.98 Å². The number of pyridine rings is 1. The van der Waals surface area contributed by atoms with E-state index in [1.54, 1.807) is 0 Å². The zero-order valence-electron chi connectivity index (χ0n) is 13.2. The minimum absolute atomic E-state index is 0.199. The van der Waals surface area contributed by atoms with Crippen LogP contribution < -0.4 is 10.6 Å². The van der Waals surface area contributed by atoms with Gasteiger partial charge in [-0.2, -0.15) is 0 Å². The maximum Gasteiger partial charge on any atom is 0.128 e. The van der Waals surface area contributed by atoms with Crippen LogP contribution in [0.4, 0.5) is 5.82 Å². The number of anilines is 1. The molecule has 1 unspecified atom stereocenters. The van der Waals surface area contributed by atoms with Gasteiger partial charge in [0.2, 0.25) is 0 Å². The Balaban J connectivity index is 1.94. The topological polar surface area (TPSA) is 42.1 Å². The van der Waals surface area contributed by atoms with Crippen LogP contribution in [0.5, 0.6) is 0 Å². The highest BCUT2D eigenvalue weighted by molar-refractivity contribution is 5.39. The molecule has 20 heavy (non-hydrogen) atoms. The second kappa shape index (κ2) is 7.07. The van der Waals surface area contributed by atoms with Crippen LogP contribution in [0.15, 0.2) is 18.3 Å². The van der Waals surface area contributed by atoms with Gasteiger partial charge in [-0.1, -0.05) is 19.4 Å². The molecule has 1 aliphatic rings. The molecule has 0 radical (unpaired) electrons. The van der Waals surface area contributed by atoms with Crippen molar-refractivity contribution in [2.45, 2.75) is 64.5 Å². The molecule has 1 aromatic heterocycles. The van der Waals surface area contributed by atoms with Crippen LogP contribution in [0.3, 0.4) is 0 Å². The van der Waals surface area contributed by atoms with Crippen LogP contribution in [-0.2, 0) is 6.42 Å². The van der Waals surface area contributed by atoms with Gasteiger partial charge in [0.25, 0.3) is 0 Å². The summed E-state index contributed by atoms with van der Waals surface area (Å²) in [5.74, 6) is 2.04. The molecule has 1 heterocycles. The molecule has 0 bridgehead atoms. The predicted molar refractivity (Wildman–Crippen MR) is 86.0 cm³/mol. The van der Waals surface area contributed by atoms with E-state index in [1.165, 1.54) is 37.7 Å². The smallest absolute Gasteiger partial charge is 0.128 e. The zero-order chi connectivity index (χ0) is 14.5. The summed E-state index contributed by atoms with van der Waals surface area (Å²) in [6, 6.07) is 5.16. The number of aromatic nitrogens is 1. The summed E-state index contributed by atoms with van der Waals surface area (Å²) in [6.45, 7) is 4.35. The number of nitrogens with zero attached hydrogens (tertiary/aromatic N) is 2. The highest BCUT2D eigenvalue weighted by Gasteiger charge is 2.23. The quantitative estimate of drug-likeness (QED) is 0.896. The van der Waals surface area contributed by atoms with Crippen molar-refractivity contribution >= 4 is 5.82 Å². The van der Waals surface area contributed by atoms with Gasteiger partial charge in [0.15, 0.2) is 0 Å². The summed E-state index contributed by atoms with van der Waals surface area (Å²) in [4.78, 5) is 6.98. The average molecular weight is 275 g/mol. The first-order valence-electron chi connectivity index (χ1n) is 8.03. The van der Waals surface area contributed by atoms with Gasteiger partial charge in [-0.05, 0) is 56.6 Å². The van der Waals surface area contributed by atoms with Crippen LogP contribution in [0.25, 0.3) is 0 Å². The third-order valence-electron chi connectivity index (χ3n) is 4.67. The number of hydrogen-bond acceptors (Lipinski definition) is 3. The fourth-order valence-electron chi connectivity index (χ4n) is 3.25. The fourth-order valence-corrected chi connectivity index (χ4v) is 3.25. The first kappa shape index (κ1) is 15.3. The molecule has 0 aliphatic heterocycles. The molecule has 0 aromatic carbocycles. The van der Waals surface area contributed by atoms with Gasteiger partial charge >= 0.3 is 0 Å². The van der Waals surface area contributed by atoms with E-state index >= 15 is 0 Å². The lowest BCUT2D eigenvalue weighted by atomic mass is 9.84. The lowest BCUT2D eigenvalue weighted by molar-refractivity contribution is 0.313. The zero-order valence-corrected chi connectivity index (χ0v) is 13.2. The molecule has 1 fully saturated rings. The summed E-state index contributed by atoms with van der Waals surface area (Å²) in [6.07, 6.45) is 9.56. The van der Waals surface area contributed by atoms with Gasteiger partial charge < -0.3 is 10.6 Å². The van der Waals surface area contributed by atoms with Crippen molar-refractivity contribution in [3.63, 3.8) is 0 Å². The molecule has 1 aromatic rings. The van der Waals surface area contributed by atoms with Crippen molar-refractivity contribution < 1.29 is 0 Å². The van der Waals surface area contributed by atoms with Gasteiger partial charge in [-0.3, -0.25) is 0 Å². The maximum absolute atomic E-state index is 5.83. The lowest BCUT2D eigenvalue weighted by Gasteiger charge is -2.35. The Morgan fingerprint density at radius 1 is 1.30 bits per heavy atom. The Kier molecular flexibility index (Phi) is 5.41. The van der Waals surface area contributed by atoms with Crippen molar-refractivity contribution in [3.05, 3.63) is 23.9 Å². The molecule has 2 N–H and O–H groups in total. The molecular weight excluding hydrogens is 246 g/mol. The molecule has 3 nitrogen and oxygen atoms in total. The third kappa shape index (κ3) is 3.95. The van der Waals surface area contributed by atoms with Crippen LogP contribution in [0.1, 0.15) is 51.5 Å². The van der Waals surface area contributed by atoms with E-state index in [2.05, 4.69) is 36.0 Å². The van der Waals surface area contributed by atoms with Crippen molar-refractivity contribution in [1.82, 2.24) is 4.98 Å². The van der Waals surface area contributed by atoms with Crippen molar-refractivity contribution in [3.8, 4) is 0 Å². The molecule has 0 saturated heterocycles. The van der Waals surface area contributed by atoms with E-state index < -0.39 is 0 Å². The molecule has 0 amide bonds. The van der Waals surface area contributed by atoms with Crippen LogP contribution in [0, 0.1) is 5.92 Å². The van der Waals surface area contributed by atoms with Gasteiger partial charge in [0, 0.05) is 25.3 Å². The molecule has 2 rings (SSSR count). The highest BCUT2D eigenvalue weighted by Crippen LogP contribution is 2.30. The normalized spacial score (nSPS) is 24.4. The Labute approximate surface area is 123 Å². The lowest BCUT2D eigenvalue weighted by Crippen LogP contribution is -2.35.